The summed E-state index contributed by atoms with van der Waals surface area (Å²) in [6.45, 7) is 5.49. The Labute approximate surface area is 142 Å². The molecule has 1 atom stereocenters. The summed E-state index contributed by atoms with van der Waals surface area (Å²) in [5.41, 5.74) is 15.4. The number of nitrogens with two attached hydrogens (primary N) is 2. The Bertz CT molecular complexity index is 709. The first-order valence-corrected chi connectivity index (χ1v) is 8.26. The van der Waals surface area contributed by atoms with Crippen LogP contribution in [0.25, 0.3) is 11.1 Å². The van der Waals surface area contributed by atoms with Crippen LogP contribution in [0.5, 0.6) is 0 Å². The van der Waals surface area contributed by atoms with E-state index in [0.717, 1.165) is 35.4 Å². The van der Waals surface area contributed by atoms with Gasteiger partial charge in [-0.25, -0.2) is 4.39 Å². The van der Waals surface area contributed by atoms with E-state index in [1.165, 1.54) is 18.3 Å². The number of allylic oxidation sites excluding steroid dienone is 2. The van der Waals surface area contributed by atoms with Crippen LogP contribution in [0.3, 0.4) is 0 Å². The lowest BCUT2D eigenvalue weighted by atomic mass is 9.91. The average molecular weight is 328 g/mol. The van der Waals surface area contributed by atoms with Crippen LogP contribution in [0.1, 0.15) is 31.5 Å². The van der Waals surface area contributed by atoms with E-state index in [-0.39, 0.29) is 11.7 Å². The van der Waals surface area contributed by atoms with Gasteiger partial charge in [-0.3, -0.25) is 4.68 Å². The van der Waals surface area contributed by atoms with E-state index in [2.05, 4.69) is 12.0 Å². The van der Waals surface area contributed by atoms with Crippen molar-refractivity contribution >= 4 is 11.1 Å². The maximum atomic E-state index is 13.2. The molecule has 0 saturated carbocycles. The largest absolute Gasteiger partial charge is 0.404 e. The molecule has 0 aliphatic heterocycles. The van der Waals surface area contributed by atoms with Gasteiger partial charge in [0, 0.05) is 18.9 Å². The Hall–Kier alpha value is -2.40. The van der Waals surface area contributed by atoms with Gasteiger partial charge in [0.2, 0.25) is 0 Å². The molecule has 0 saturated heterocycles. The van der Waals surface area contributed by atoms with Gasteiger partial charge >= 0.3 is 0 Å². The number of hydrogen-bond acceptors (Lipinski definition) is 3. The van der Waals surface area contributed by atoms with Crippen LogP contribution in [-0.4, -0.2) is 16.3 Å². The number of aromatic nitrogens is 2. The van der Waals surface area contributed by atoms with Crippen molar-refractivity contribution in [3.05, 3.63) is 65.9 Å². The number of nitrogens with zero attached hydrogens (tertiary/aromatic N) is 2. The monoisotopic (exact) mass is 328 g/mol. The summed E-state index contributed by atoms with van der Waals surface area (Å²) in [5.74, 6) is -0.0880. The summed E-state index contributed by atoms with van der Waals surface area (Å²) in [6, 6.07) is 8.29. The molecule has 0 fully saturated rings. The fraction of sp³-hybridized carbons (Fsp3) is 0.316. The maximum absolute atomic E-state index is 13.2. The quantitative estimate of drug-likeness (QED) is 0.765. The molecule has 2 aromatic rings. The van der Waals surface area contributed by atoms with Crippen molar-refractivity contribution in [3.8, 4) is 0 Å². The van der Waals surface area contributed by atoms with Crippen molar-refractivity contribution in [2.75, 3.05) is 6.54 Å². The summed E-state index contributed by atoms with van der Waals surface area (Å²) in [5, 5.41) is 4.61. The molecule has 0 bridgehead atoms. The highest BCUT2D eigenvalue weighted by atomic mass is 19.1. The molecule has 1 aromatic carbocycles. The molecule has 0 amide bonds. The standard InChI is InChI=1S/C19H25FN4/c1-3-14(12-21)18(19-9-10-24(4-2)23-19)11-16(13-22)15-5-7-17(20)8-6-15/h5-11,13-14H,3-4,12,21-22H2,1-2H3/b16-13+,18-11+. The van der Waals surface area contributed by atoms with E-state index in [1.807, 2.05) is 29.9 Å². The molecule has 0 aliphatic carbocycles. The van der Waals surface area contributed by atoms with Gasteiger partial charge in [-0.1, -0.05) is 19.1 Å². The summed E-state index contributed by atoms with van der Waals surface area (Å²) >= 11 is 0. The minimum atomic E-state index is -0.269. The topological polar surface area (TPSA) is 69.9 Å². The van der Waals surface area contributed by atoms with Crippen LogP contribution in [0.2, 0.25) is 0 Å². The Morgan fingerprint density at radius 1 is 1.25 bits per heavy atom. The highest BCUT2D eigenvalue weighted by molar-refractivity contribution is 5.83. The lowest BCUT2D eigenvalue weighted by Gasteiger charge is -2.16. The smallest absolute Gasteiger partial charge is 0.123 e. The van der Waals surface area contributed by atoms with Crippen molar-refractivity contribution in [1.82, 2.24) is 9.78 Å². The van der Waals surface area contributed by atoms with Crippen LogP contribution < -0.4 is 11.5 Å². The van der Waals surface area contributed by atoms with E-state index in [1.54, 1.807) is 12.1 Å². The van der Waals surface area contributed by atoms with Gasteiger partial charge in [-0.2, -0.15) is 5.10 Å². The Kier molecular flexibility index (Phi) is 6.32. The van der Waals surface area contributed by atoms with E-state index in [0.29, 0.717) is 6.54 Å². The van der Waals surface area contributed by atoms with Crippen molar-refractivity contribution in [3.63, 3.8) is 0 Å². The SMILES string of the molecule is CCC(CN)/C(=C\C(=C/N)c1ccc(F)cc1)c1ccn(CC)n1. The predicted octanol–water partition coefficient (Wildman–Crippen LogP) is 3.41. The van der Waals surface area contributed by atoms with Crippen molar-refractivity contribution < 1.29 is 4.39 Å². The van der Waals surface area contributed by atoms with Crippen LogP contribution >= 0.6 is 0 Å². The molecule has 24 heavy (non-hydrogen) atoms. The molecule has 128 valence electrons. The third-order valence-electron chi connectivity index (χ3n) is 4.15. The first kappa shape index (κ1) is 17.9. The van der Waals surface area contributed by atoms with Gasteiger partial charge in [0.25, 0.3) is 0 Å². The molecule has 0 radical (unpaired) electrons. The summed E-state index contributed by atoms with van der Waals surface area (Å²) in [4.78, 5) is 0. The zero-order valence-electron chi connectivity index (χ0n) is 14.2. The van der Waals surface area contributed by atoms with E-state index in [4.69, 9.17) is 11.5 Å². The second kappa shape index (κ2) is 8.45. The van der Waals surface area contributed by atoms with E-state index in [9.17, 15) is 4.39 Å². The molecule has 4 nitrogen and oxygen atoms in total. The molecule has 1 unspecified atom stereocenters. The van der Waals surface area contributed by atoms with E-state index >= 15 is 0 Å². The zero-order valence-corrected chi connectivity index (χ0v) is 14.2. The van der Waals surface area contributed by atoms with Gasteiger partial charge in [-0.05, 0) is 66.8 Å². The predicted molar refractivity (Wildman–Crippen MR) is 97.3 cm³/mol. The molecule has 5 heteroatoms. The second-order valence-corrected chi connectivity index (χ2v) is 5.63. The van der Waals surface area contributed by atoms with Crippen molar-refractivity contribution in [1.29, 1.82) is 0 Å². The van der Waals surface area contributed by atoms with Crippen LogP contribution in [0.4, 0.5) is 4.39 Å². The lowest BCUT2D eigenvalue weighted by molar-refractivity contribution is 0.627. The number of rotatable bonds is 7. The molecular weight excluding hydrogens is 303 g/mol. The molecule has 1 aromatic heterocycles. The van der Waals surface area contributed by atoms with Gasteiger partial charge in [0.15, 0.2) is 0 Å². The number of halogens is 1. The minimum Gasteiger partial charge on any atom is -0.404 e. The number of hydrogen-bond donors (Lipinski definition) is 2. The highest BCUT2D eigenvalue weighted by Crippen LogP contribution is 2.28. The zero-order chi connectivity index (χ0) is 17.5. The lowest BCUT2D eigenvalue weighted by Crippen LogP contribution is -2.16. The fourth-order valence-electron chi connectivity index (χ4n) is 2.64. The first-order valence-electron chi connectivity index (χ1n) is 8.26. The van der Waals surface area contributed by atoms with Crippen LogP contribution in [0, 0.1) is 11.7 Å². The molecule has 4 N–H and O–H groups in total. The van der Waals surface area contributed by atoms with Gasteiger partial charge in [0.1, 0.15) is 5.82 Å². The first-order chi connectivity index (χ1) is 11.6. The maximum Gasteiger partial charge on any atom is 0.123 e. The molecule has 2 rings (SSSR count). The van der Waals surface area contributed by atoms with Crippen LogP contribution in [-0.2, 0) is 6.54 Å². The normalized spacial score (nSPS) is 14.0. The number of benzene rings is 1. The summed E-state index contributed by atoms with van der Waals surface area (Å²) < 4.78 is 15.1. The second-order valence-electron chi connectivity index (χ2n) is 5.63. The van der Waals surface area contributed by atoms with Crippen molar-refractivity contribution in [2.24, 2.45) is 17.4 Å². The van der Waals surface area contributed by atoms with Gasteiger partial charge in [0.05, 0.1) is 5.69 Å². The third kappa shape index (κ3) is 4.11. The molecule has 0 aliphatic rings. The highest BCUT2D eigenvalue weighted by Gasteiger charge is 2.16. The Balaban J connectivity index is 2.47. The van der Waals surface area contributed by atoms with Crippen LogP contribution in [0.15, 0.2) is 48.8 Å². The summed E-state index contributed by atoms with van der Waals surface area (Å²) in [6.07, 6.45) is 6.41. The third-order valence-corrected chi connectivity index (χ3v) is 4.15. The Morgan fingerprint density at radius 2 is 1.96 bits per heavy atom. The van der Waals surface area contributed by atoms with Gasteiger partial charge in [-0.15, -0.1) is 0 Å². The van der Waals surface area contributed by atoms with Crippen molar-refractivity contribution in [2.45, 2.75) is 26.8 Å². The average Bonchev–Trinajstić information content (AvgIpc) is 3.08. The molecular formula is C19H25FN4. The minimum absolute atomic E-state index is 0.181. The summed E-state index contributed by atoms with van der Waals surface area (Å²) in [7, 11) is 0. The fourth-order valence-corrected chi connectivity index (χ4v) is 2.64. The van der Waals surface area contributed by atoms with E-state index < -0.39 is 0 Å². The Morgan fingerprint density at radius 3 is 2.46 bits per heavy atom. The molecule has 0 spiro atoms. The van der Waals surface area contributed by atoms with Gasteiger partial charge < -0.3 is 11.5 Å². The molecule has 1 heterocycles. The number of aryl methyl sites for hydroxylation is 1.